The second kappa shape index (κ2) is 5.65. The molecule has 0 bridgehead atoms. The highest BCUT2D eigenvalue weighted by atomic mass is 35.5. The number of nitrogens with zero attached hydrogens (tertiary/aromatic N) is 3. The normalized spacial score (nSPS) is 18.3. The molecule has 1 aromatic rings. The first kappa shape index (κ1) is 12.6. The minimum atomic E-state index is 0.298. The minimum Gasteiger partial charge on any atom is -0.368 e. The molecule has 0 spiro atoms. The van der Waals surface area contributed by atoms with Crippen LogP contribution in [0.1, 0.15) is 25.3 Å². The summed E-state index contributed by atoms with van der Waals surface area (Å²) in [6, 6.07) is 0.533. The Labute approximate surface area is 107 Å². The molecule has 17 heavy (non-hydrogen) atoms. The lowest BCUT2D eigenvalue weighted by Crippen LogP contribution is -2.35. The van der Waals surface area contributed by atoms with Gasteiger partial charge in [-0.15, -0.1) is 0 Å². The molecule has 5 heteroatoms. The molecule has 1 atom stereocenters. The van der Waals surface area contributed by atoms with Crippen LogP contribution in [0.15, 0.2) is 6.20 Å². The molecule has 1 aromatic heterocycles. The summed E-state index contributed by atoms with van der Waals surface area (Å²) in [5, 5.41) is 3.65. The highest BCUT2D eigenvalue weighted by Gasteiger charge is 2.17. The van der Waals surface area contributed by atoms with E-state index in [1.165, 1.54) is 25.9 Å². The predicted octanol–water partition coefficient (Wildman–Crippen LogP) is 2.33. The average molecular weight is 255 g/mol. The third-order valence-corrected chi connectivity index (χ3v) is 3.45. The second-order valence-electron chi connectivity index (χ2n) is 4.64. The molecule has 0 aromatic carbocycles. The van der Waals surface area contributed by atoms with Crippen LogP contribution in [0.5, 0.6) is 0 Å². The summed E-state index contributed by atoms with van der Waals surface area (Å²) in [7, 11) is 0. The molecule has 2 heterocycles. The third-order valence-electron chi connectivity index (χ3n) is 3.27. The monoisotopic (exact) mass is 254 g/mol. The number of likely N-dealkylation sites (tertiary alicyclic amines) is 1. The number of nitrogens with one attached hydrogen (secondary N) is 1. The number of aromatic nitrogens is 2. The van der Waals surface area contributed by atoms with Crippen molar-refractivity contribution in [3.8, 4) is 0 Å². The molecule has 0 radical (unpaired) electrons. The van der Waals surface area contributed by atoms with Crippen LogP contribution in [0.4, 0.5) is 5.82 Å². The second-order valence-corrected chi connectivity index (χ2v) is 4.98. The average Bonchev–Trinajstić information content (AvgIpc) is 2.83. The fourth-order valence-electron chi connectivity index (χ4n) is 2.16. The summed E-state index contributed by atoms with van der Waals surface area (Å²) in [6.45, 7) is 7.56. The Bertz CT molecular complexity index is 377. The maximum absolute atomic E-state index is 5.79. The molecule has 1 N–H and O–H groups in total. The van der Waals surface area contributed by atoms with Crippen LogP contribution in [0.2, 0.25) is 5.28 Å². The zero-order valence-corrected chi connectivity index (χ0v) is 11.2. The van der Waals surface area contributed by atoms with Gasteiger partial charge in [0.2, 0.25) is 5.28 Å². The SMILES string of the molecule is Cc1cnc(Cl)nc1NCC(C)N1CCCC1. The van der Waals surface area contributed by atoms with Crippen LogP contribution in [-0.2, 0) is 0 Å². The van der Waals surface area contributed by atoms with E-state index in [1.54, 1.807) is 6.20 Å². The Balaban J connectivity index is 1.90. The van der Waals surface area contributed by atoms with Gasteiger partial charge in [0.15, 0.2) is 0 Å². The summed E-state index contributed by atoms with van der Waals surface area (Å²) in [4.78, 5) is 10.6. The standard InChI is InChI=1S/C12H19ClN4/c1-9-7-15-12(13)16-11(9)14-8-10(2)17-5-3-4-6-17/h7,10H,3-6,8H2,1-2H3,(H,14,15,16). The van der Waals surface area contributed by atoms with Crippen molar-refractivity contribution in [3.05, 3.63) is 17.0 Å². The van der Waals surface area contributed by atoms with Crippen LogP contribution >= 0.6 is 11.6 Å². The predicted molar refractivity (Wildman–Crippen MR) is 70.5 cm³/mol. The molecule has 2 rings (SSSR count). The lowest BCUT2D eigenvalue weighted by atomic mass is 10.3. The Morgan fingerprint density at radius 3 is 2.88 bits per heavy atom. The van der Waals surface area contributed by atoms with Gasteiger partial charge in [-0.25, -0.2) is 9.97 Å². The number of hydrogen-bond acceptors (Lipinski definition) is 4. The molecular weight excluding hydrogens is 236 g/mol. The quantitative estimate of drug-likeness (QED) is 0.838. The topological polar surface area (TPSA) is 41.1 Å². The van der Waals surface area contributed by atoms with Crippen molar-refractivity contribution in [2.45, 2.75) is 32.7 Å². The molecule has 1 fully saturated rings. The van der Waals surface area contributed by atoms with E-state index in [4.69, 9.17) is 11.6 Å². The molecule has 94 valence electrons. The van der Waals surface area contributed by atoms with E-state index < -0.39 is 0 Å². The van der Waals surface area contributed by atoms with Crippen molar-refractivity contribution in [1.29, 1.82) is 0 Å². The summed E-state index contributed by atoms with van der Waals surface area (Å²) in [5.74, 6) is 0.844. The highest BCUT2D eigenvalue weighted by molar-refractivity contribution is 6.28. The number of halogens is 1. The zero-order valence-electron chi connectivity index (χ0n) is 10.4. The molecular formula is C12H19ClN4. The van der Waals surface area contributed by atoms with Gasteiger partial charge in [0.1, 0.15) is 5.82 Å². The number of hydrogen-bond donors (Lipinski definition) is 1. The van der Waals surface area contributed by atoms with Crippen molar-refractivity contribution in [2.24, 2.45) is 0 Å². The molecule has 1 aliphatic rings. The molecule has 1 saturated heterocycles. The smallest absolute Gasteiger partial charge is 0.224 e. The van der Waals surface area contributed by atoms with Crippen LogP contribution < -0.4 is 5.32 Å². The molecule has 1 aliphatic heterocycles. The van der Waals surface area contributed by atoms with Crippen molar-refractivity contribution in [1.82, 2.24) is 14.9 Å². The van der Waals surface area contributed by atoms with E-state index in [-0.39, 0.29) is 0 Å². The van der Waals surface area contributed by atoms with Crippen LogP contribution in [0, 0.1) is 6.92 Å². The minimum absolute atomic E-state index is 0.298. The first-order chi connectivity index (χ1) is 8.16. The van der Waals surface area contributed by atoms with Crippen molar-refractivity contribution in [3.63, 3.8) is 0 Å². The van der Waals surface area contributed by atoms with Gasteiger partial charge in [0.05, 0.1) is 0 Å². The van der Waals surface area contributed by atoms with E-state index in [2.05, 4.69) is 27.1 Å². The lowest BCUT2D eigenvalue weighted by molar-refractivity contribution is 0.269. The first-order valence-electron chi connectivity index (χ1n) is 6.14. The van der Waals surface area contributed by atoms with Gasteiger partial charge in [-0.2, -0.15) is 0 Å². The zero-order chi connectivity index (χ0) is 12.3. The molecule has 0 saturated carbocycles. The number of aryl methyl sites for hydroxylation is 1. The molecule has 4 nitrogen and oxygen atoms in total. The van der Waals surface area contributed by atoms with Gasteiger partial charge in [-0.1, -0.05) is 0 Å². The van der Waals surface area contributed by atoms with Gasteiger partial charge < -0.3 is 5.32 Å². The molecule has 1 unspecified atom stereocenters. The molecule has 0 amide bonds. The Kier molecular flexibility index (Phi) is 4.18. The Morgan fingerprint density at radius 2 is 2.18 bits per heavy atom. The van der Waals surface area contributed by atoms with Crippen molar-refractivity contribution in [2.75, 3.05) is 25.0 Å². The van der Waals surface area contributed by atoms with E-state index in [1.807, 2.05) is 6.92 Å². The fraction of sp³-hybridized carbons (Fsp3) is 0.667. The summed E-state index contributed by atoms with van der Waals surface area (Å²) in [5.41, 5.74) is 1.03. The highest BCUT2D eigenvalue weighted by Crippen LogP contribution is 2.15. The molecule has 0 aliphatic carbocycles. The number of rotatable bonds is 4. The van der Waals surface area contributed by atoms with E-state index in [9.17, 15) is 0 Å². The maximum Gasteiger partial charge on any atom is 0.224 e. The largest absolute Gasteiger partial charge is 0.368 e. The maximum atomic E-state index is 5.79. The first-order valence-corrected chi connectivity index (χ1v) is 6.51. The van der Waals surface area contributed by atoms with E-state index in [0.29, 0.717) is 11.3 Å². The van der Waals surface area contributed by atoms with Crippen molar-refractivity contribution >= 4 is 17.4 Å². The van der Waals surface area contributed by atoms with Gasteiger partial charge in [-0.05, 0) is 51.4 Å². The Morgan fingerprint density at radius 1 is 1.47 bits per heavy atom. The summed E-state index contributed by atoms with van der Waals surface area (Å²) >= 11 is 5.79. The van der Waals surface area contributed by atoms with Crippen molar-refractivity contribution < 1.29 is 0 Å². The Hall–Kier alpha value is -0.870. The van der Waals surface area contributed by atoms with Gasteiger partial charge >= 0.3 is 0 Å². The van der Waals surface area contributed by atoms with Crippen LogP contribution in [0.25, 0.3) is 0 Å². The van der Waals surface area contributed by atoms with Crippen LogP contribution in [0.3, 0.4) is 0 Å². The third kappa shape index (κ3) is 3.30. The number of anilines is 1. The lowest BCUT2D eigenvalue weighted by Gasteiger charge is -2.24. The van der Waals surface area contributed by atoms with Crippen LogP contribution in [-0.4, -0.2) is 40.5 Å². The summed E-state index contributed by atoms with van der Waals surface area (Å²) in [6.07, 6.45) is 4.39. The van der Waals surface area contributed by atoms with Gasteiger partial charge in [0, 0.05) is 24.3 Å². The van der Waals surface area contributed by atoms with E-state index >= 15 is 0 Å². The summed E-state index contributed by atoms with van der Waals surface area (Å²) < 4.78 is 0. The van der Waals surface area contributed by atoms with E-state index in [0.717, 1.165) is 17.9 Å². The van der Waals surface area contributed by atoms with Gasteiger partial charge in [-0.3, -0.25) is 4.90 Å². The van der Waals surface area contributed by atoms with Gasteiger partial charge in [0.25, 0.3) is 0 Å². The fourth-order valence-corrected chi connectivity index (χ4v) is 2.29.